The lowest BCUT2D eigenvalue weighted by atomic mass is 9.71. The number of fused-ring (bicyclic) bond motifs is 5. The van der Waals surface area contributed by atoms with E-state index in [1.165, 1.54) is 6.42 Å². The maximum Gasteiger partial charge on any atom is 0.192 e. The maximum atomic E-state index is 12.3. The highest BCUT2D eigenvalue weighted by Crippen LogP contribution is 2.54. The summed E-state index contributed by atoms with van der Waals surface area (Å²) in [5.41, 5.74) is 0. The molecule has 0 spiro atoms. The normalized spacial score (nSPS) is 40.2. The molecule has 2 bridgehead atoms. The molecule has 0 N–H and O–H groups in total. The van der Waals surface area contributed by atoms with Gasteiger partial charge >= 0.3 is 0 Å². The zero-order chi connectivity index (χ0) is 14.7. The van der Waals surface area contributed by atoms with Crippen molar-refractivity contribution in [2.24, 2.45) is 23.7 Å². The molecule has 3 aliphatic rings. The van der Waals surface area contributed by atoms with Crippen LogP contribution in [0, 0.1) is 23.7 Å². The molecule has 0 aliphatic heterocycles. The van der Waals surface area contributed by atoms with Gasteiger partial charge in [-0.25, -0.2) is 0 Å². The van der Waals surface area contributed by atoms with Crippen molar-refractivity contribution in [1.29, 1.82) is 0 Å². The van der Waals surface area contributed by atoms with Crippen LogP contribution < -0.4 is 0 Å². The Bertz CT molecular complexity index is 446. The molecular formula is C17H28O2Si. The van der Waals surface area contributed by atoms with Gasteiger partial charge in [0.05, 0.1) is 0 Å². The Morgan fingerprint density at radius 1 is 1.20 bits per heavy atom. The highest BCUT2D eigenvalue weighted by atomic mass is 28.4. The summed E-state index contributed by atoms with van der Waals surface area (Å²) in [6.45, 7) is 11.6. The first-order chi connectivity index (χ1) is 9.21. The predicted molar refractivity (Wildman–Crippen MR) is 84.0 cm³/mol. The molecule has 3 heteroatoms. The molecule has 3 rings (SSSR count). The Labute approximate surface area is 124 Å². The SMILES string of the molecule is CC(C)(C)[Si](C)(C)OC1CCC(=O)C2C1[C@@H]1C=C[C@H]2C1. The van der Waals surface area contributed by atoms with E-state index in [1.54, 1.807) is 0 Å². The van der Waals surface area contributed by atoms with E-state index in [0.717, 1.165) is 12.8 Å². The minimum Gasteiger partial charge on any atom is -0.414 e. The van der Waals surface area contributed by atoms with Gasteiger partial charge < -0.3 is 4.43 Å². The lowest BCUT2D eigenvalue weighted by molar-refractivity contribution is -0.131. The van der Waals surface area contributed by atoms with Crippen LogP contribution in [0.25, 0.3) is 0 Å². The quantitative estimate of drug-likeness (QED) is 0.564. The number of Topliss-reactive ketones (excluding diaryl/α,β-unsaturated/α-hetero) is 1. The summed E-state index contributed by atoms with van der Waals surface area (Å²) in [4.78, 5) is 12.3. The van der Waals surface area contributed by atoms with Crippen LogP contribution in [0.3, 0.4) is 0 Å². The van der Waals surface area contributed by atoms with Gasteiger partial charge in [0.15, 0.2) is 8.32 Å². The molecule has 5 atom stereocenters. The van der Waals surface area contributed by atoms with Crippen molar-refractivity contribution in [2.75, 3.05) is 0 Å². The Balaban J connectivity index is 1.81. The molecule has 0 radical (unpaired) electrons. The third-order valence-electron chi connectivity index (χ3n) is 6.25. The number of carbonyl (C=O) groups is 1. The summed E-state index contributed by atoms with van der Waals surface area (Å²) in [5.74, 6) is 2.36. The van der Waals surface area contributed by atoms with Crippen LogP contribution in [0.5, 0.6) is 0 Å². The van der Waals surface area contributed by atoms with Gasteiger partial charge in [0.25, 0.3) is 0 Å². The Hall–Kier alpha value is -0.413. The van der Waals surface area contributed by atoms with E-state index in [0.29, 0.717) is 29.6 Å². The first kappa shape index (κ1) is 14.5. The first-order valence-electron chi connectivity index (χ1n) is 8.09. The van der Waals surface area contributed by atoms with Gasteiger partial charge in [0.2, 0.25) is 0 Å². The maximum absolute atomic E-state index is 12.3. The third-order valence-corrected chi connectivity index (χ3v) is 10.8. The van der Waals surface area contributed by atoms with Gasteiger partial charge in [0, 0.05) is 24.4 Å². The fourth-order valence-electron chi connectivity index (χ4n) is 4.16. The van der Waals surface area contributed by atoms with Crippen LogP contribution in [-0.4, -0.2) is 20.2 Å². The monoisotopic (exact) mass is 292 g/mol. The first-order valence-corrected chi connectivity index (χ1v) is 11.0. The zero-order valence-electron chi connectivity index (χ0n) is 13.5. The second-order valence-corrected chi connectivity index (χ2v) is 13.2. The van der Waals surface area contributed by atoms with Crippen LogP contribution in [0.4, 0.5) is 0 Å². The average Bonchev–Trinajstić information content (AvgIpc) is 2.92. The van der Waals surface area contributed by atoms with Crippen molar-refractivity contribution in [3.63, 3.8) is 0 Å². The molecule has 2 saturated carbocycles. The predicted octanol–water partition coefficient (Wildman–Crippen LogP) is 4.18. The number of allylic oxidation sites excluding steroid dienone is 2. The number of ketones is 1. The molecule has 3 unspecified atom stereocenters. The summed E-state index contributed by atoms with van der Waals surface area (Å²) >= 11 is 0. The Kier molecular flexibility index (Phi) is 3.30. The molecular weight excluding hydrogens is 264 g/mol. The number of carbonyl (C=O) groups excluding carboxylic acids is 1. The van der Waals surface area contributed by atoms with Gasteiger partial charge in [-0.1, -0.05) is 32.9 Å². The van der Waals surface area contributed by atoms with Crippen molar-refractivity contribution < 1.29 is 9.22 Å². The van der Waals surface area contributed by atoms with E-state index in [1.807, 2.05) is 0 Å². The second kappa shape index (κ2) is 4.54. The third kappa shape index (κ3) is 2.14. The molecule has 0 aromatic carbocycles. The van der Waals surface area contributed by atoms with Crippen LogP contribution >= 0.6 is 0 Å². The Morgan fingerprint density at radius 3 is 2.50 bits per heavy atom. The summed E-state index contributed by atoms with van der Waals surface area (Å²) in [6, 6.07) is 0. The molecule has 0 heterocycles. The molecule has 2 nitrogen and oxygen atoms in total. The van der Waals surface area contributed by atoms with Gasteiger partial charge in [-0.15, -0.1) is 0 Å². The zero-order valence-corrected chi connectivity index (χ0v) is 14.5. The average molecular weight is 292 g/mol. The fourth-order valence-corrected chi connectivity index (χ4v) is 5.54. The molecule has 3 aliphatic carbocycles. The minimum absolute atomic E-state index is 0.247. The summed E-state index contributed by atoms with van der Waals surface area (Å²) in [6.07, 6.45) is 7.84. The fraction of sp³-hybridized carbons (Fsp3) is 0.824. The number of hydrogen-bond donors (Lipinski definition) is 0. The van der Waals surface area contributed by atoms with Gasteiger partial charge in [0.1, 0.15) is 5.78 Å². The van der Waals surface area contributed by atoms with E-state index in [2.05, 4.69) is 46.0 Å². The van der Waals surface area contributed by atoms with Gasteiger partial charge in [-0.05, 0) is 42.8 Å². The van der Waals surface area contributed by atoms with Gasteiger partial charge in [-0.3, -0.25) is 4.79 Å². The van der Waals surface area contributed by atoms with E-state index >= 15 is 0 Å². The number of rotatable bonds is 2. The van der Waals surface area contributed by atoms with Crippen LogP contribution in [-0.2, 0) is 9.22 Å². The number of hydrogen-bond acceptors (Lipinski definition) is 2. The molecule has 0 aromatic rings. The van der Waals surface area contributed by atoms with E-state index in [9.17, 15) is 4.79 Å². The van der Waals surface area contributed by atoms with Crippen LogP contribution in [0.15, 0.2) is 12.2 Å². The van der Waals surface area contributed by atoms with E-state index in [-0.39, 0.29) is 11.0 Å². The standard InChI is InChI=1S/C17H28O2Si/c1-17(2,3)20(4,5)19-14-9-8-13(18)15-11-6-7-12(10-11)16(14)15/h6-7,11-12,14-16H,8-10H2,1-5H3/t11-,12+,14?,15?,16?/m0/s1. The van der Waals surface area contributed by atoms with E-state index < -0.39 is 8.32 Å². The minimum atomic E-state index is -1.74. The topological polar surface area (TPSA) is 26.3 Å². The largest absolute Gasteiger partial charge is 0.414 e. The Morgan fingerprint density at radius 2 is 1.85 bits per heavy atom. The molecule has 0 aromatic heterocycles. The van der Waals surface area contributed by atoms with Crippen molar-refractivity contribution in [1.82, 2.24) is 0 Å². The summed E-state index contributed by atoms with van der Waals surface area (Å²) in [5, 5.41) is 0.247. The molecule has 0 amide bonds. The molecule has 112 valence electrons. The molecule has 20 heavy (non-hydrogen) atoms. The van der Waals surface area contributed by atoms with Crippen molar-refractivity contribution in [3.05, 3.63) is 12.2 Å². The lowest BCUT2D eigenvalue weighted by Crippen LogP contribution is -2.50. The van der Waals surface area contributed by atoms with Gasteiger partial charge in [-0.2, -0.15) is 0 Å². The highest BCUT2D eigenvalue weighted by Gasteiger charge is 2.54. The van der Waals surface area contributed by atoms with Crippen molar-refractivity contribution in [2.45, 2.75) is 64.3 Å². The smallest absolute Gasteiger partial charge is 0.192 e. The van der Waals surface area contributed by atoms with Crippen LogP contribution in [0.2, 0.25) is 18.1 Å². The summed E-state index contributed by atoms with van der Waals surface area (Å²) in [7, 11) is -1.74. The summed E-state index contributed by atoms with van der Waals surface area (Å²) < 4.78 is 6.71. The van der Waals surface area contributed by atoms with Crippen molar-refractivity contribution >= 4 is 14.1 Å². The highest BCUT2D eigenvalue weighted by molar-refractivity contribution is 6.74. The lowest BCUT2D eigenvalue weighted by Gasteiger charge is -2.45. The van der Waals surface area contributed by atoms with E-state index in [4.69, 9.17) is 4.43 Å². The molecule has 2 fully saturated rings. The van der Waals surface area contributed by atoms with Crippen molar-refractivity contribution in [3.8, 4) is 0 Å². The second-order valence-electron chi connectivity index (χ2n) is 8.47. The molecule has 0 saturated heterocycles. The van der Waals surface area contributed by atoms with Crippen LogP contribution in [0.1, 0.15) is 40.0 Å².